The number of fused-ring (bicyclic) bond motifs is 1. The summed E-state index contributed by atoms with van der Waals surface area (Å²) < 4.78 is 10.3. The van der Waals surface area contributed by atoms with Gasteiger partial charge in [-0.25, -0.2) is 0 Å². The molecule has 2 nitrogen and oxygen atoms in total. The maximum Gasteiger partial charge on any atom is 0.225 e. The molecule has 0 atom stereocenters. The molecule has 0 N–H and O–H groups in total. The number of hydrogen-bond donors (Lipinski definition) is 0. The number of ether oxygens (including phenoxy) is 2. The number of rotatable bonds is 5. The quantitative estimate of drug-likeness (QED) is 0.433. The van der Waals surface area contributed by atoms with E-state index in [9.17, 15) is 0 Å². The Morgan fingerprint density at radius 2 is 1.90 bits per heavy atom. The van der Waals surface area contributed by atoms with Crippen LogP contribution in [0.4, 0.5) is 0 Å². The van der Waals surface area contributed by atoms with Gasteiger partial charge in [0, 0.05) is 6.42 Å². The predicted octanol–water partition coefficient (Wildman–Crippen LogP) is 2.04. The summed E-state index contributed by atoms with van der Waals surface area (Å²) in [5, 5.41) is 0. The Kier molecular flexibility index (Phi) is 1.46. The van der Waals surface area contributed by atoms with Gasteiger partial charge in [-0.2, -0.15) is 0 Å². The van der Waals surface area contributed by atoms with Gasteiger partial charge < -0.3 is 9.47 Å². The first-order chi connectivity index (χ1) is 4.87. The zero-order valence-corrected chi connectivity index (χ0v) is 6.43. The van der Waals surface area contributed by atoms with E-state index in [1.54, 1.807) is 0 Å². The second kappa shape index (κ2) is 2.21. The van der Waals surface area contributed by atoms with Crippen molar-refractivity contribution in [1.29, 1.82) is 0 Å². The van der Waals surface area contributed by atoms with Crippen molar-refractivity contribution in [2.45, 2.75) is 51.1 Å². The molecular formula is C8H14O2. The van der Waals surface area contributed by atoms with Gasteiger partial charge in [-0.05, 0) is 6.42 Å². The van der Waals surface area contributed by atoms with E-state index in [-0.39, 0.29) is 12.1 Å². The van der Waals surface area contributed by atoms with Crippen LogP contribution < -0.4 is 0 Å². The zero-order valence-electron chi connectivity index (χ0n) is 6.43. The Morgan fingerprint density at radius 3 is 2.40 bits per heavy atom. The van der Waals surface area contributed by atoms with Gasteiger partial charge in [0.05, 0.1) is 0 Å². The standard InChI is InChI=1S/C8H14O2/c1-2-3-4-5-6-8-7(9-8)10-8/h7H,2-6H2,1H3. The van der Waals surface area contributed by atoms with Crippen LogP contribution in [0.25, 0.3) is 0 Å². The molecule has 0 radical (unpaired) electrons. The van der Waals surface area contributed by atoms with Crippen LogP contribution >= 0.6 is 0 Å². The molecule has 0 spiro atoms. The SMILES string of the molecule is CCCCCCC12OC1O2. The van der Waals surface area contributed by atoms with Crippen molar-refractivity contribution in [2.24, 2.45) is 0 Å². The molecule has 2 rings (SSSR count). The van der Waals surface area contributed by atoms with Gasteiger partial charge >= 0.3 is 0 Å². The van der Waals surface area contributed by atoms with Gasteiger partial charge in [-0.1, -0.05) is 26.2 Å². The topological polar surface area (TPSA) is 25.1 Å². The van der Waals surface area contributed by atoms with Crippen molar-refractivity contribution in [3.8, 4) is 0 Å². The normalized spacial score (nSPS) is 41.1. The second-order valence-electron chi connectivity index (χ2n) is 3.19. The third kappa shape index (κ3) is 1.06. The van der Waals surface area contributed by atoms with Gasteiger partial charge in [0.1, 0.15) is 0 Å². The molecule has 2 aliphatic heterocycles. The zero-order chi connectivity index (χ0) is 7.03. The van der Waals surface area contributed by atoms with Crippen molar-refractivity contribution < 1.29 is 9.47 Å². The Morgan fingerprint density at radius 1 is 1.20 bits per heavy atom. The lowest BCUT2D eigenvalue weighted by molar-refractivity contribution is -0.0542. The Labute approximate surface area is 61.5 Å². The molecule has 0 unspecified atom stereocenters. The van der Waals surface area contributed by atoms with Crippen LogP contribution in [0.1, 0.15) is 39.0 Å². The fourth-order valence-corrected chi connectivity index (χ4v) is 1.34. The molecular weight excluding hydrogens is 128 g/mol. The van der Waals surface area contributed by atoms with Gasteiger partial charge in [-0.3, -0.25) is 0 Å². The third-order valence-electron chi connectivity index (χ3n) is 2.24. The minimum atomic E-state index is -0.0340. The average Bonchev–Trinajstić information content (AvgIpc) is 2.67. The maximum atomic E-state index is 5.15. The molecule has 2 saturated heterocycles. The van der Waals surface area contributed by atoms with Gasteiger partial charge in [0.25, 0.3) is 0 Å². The second-order valence-corrected chi connectivity index (χ2v) is 3.19. The molecule has 0 bridgehead atoms. The van der Waals surface area contributed by atoms with Gasteiger partial charge in [0.2, 0.25) is 12.1 Å². The van der Waals surface area contributed by atoms with Crippen LogP contribution in [-0.4, -0.2) is 12.1 Å². The van der Waals surface area contributed by atoms with Crippen molar-refractivity contribution in [2.75, 3.05) is 0 Å². The minimum Gasteiger partial charge on any atom is -0.310 e. The van der Waals surface area contributed by atoms with Crippen LogP contribution in [0, 0.1) is 0 Å². The summed E-state index contributed by atoms with van der Waals surface area (Å²) in [7, 11) is 0. The molecule has 58 valence electrons. The summed E-state index contributed by atoms with van der Waals surface area (Å²) in [6, 6.07) is 0. The first-order valence-corrected chi connectivity index (χ1v) is 4.23. The van der Waals surface area contributed by atoms with Gasteiger partial charge in [0.15, 0.2) is 0 Å². The first-order valence-electron chi connectivity index (χ1n) is 4.23. The van der Waals surface area contributed by atoms with Crippen LogP contribution in [0.3, 0.4) is 0 Å². The number of hydrogen-bond acceptors (Lipinski definition) is 2. The summed E-state index contributed by atoms with van der Waals surface area (Å²) in [4.78, 5) is 0. The first kappa shape index (κ1) is 6.62. The van der Waals surface area contributed by atoms with E-state index in [2.05, 4.69) is 6.92 Å². The van der Waals surface area contributed by atoms with Crippen molar-refractivity contribution in [3.05, 3.63) is 0 Å². The molecule has 0 aromatic heterocycles. The van der Waals surface area contributed by atoms with E-state index in [1.165, 1.54) is 25.7 Å². The Balaban J connectivity index is 1.49. The monoisotopic (exact) mass is 142 g/mol. The summed E-state index contributed by atoms with van der Waals surface area (Å²) in [5.41, 5.74) is 0. The summed E-state index contributed by atoms with van der Waals surface area (Å²) in [6.45, 7) is 2.22. The maximum absolute atomic E-state index is 5.15. The molecule has 2 heteroatoms. The largest absolute Gasteiger partial charge is 0.310 e. The van der Waals surface area contributed by atoms with E-state index in [0.29, 0.717) is 0 Å². The van der Waals surface area contributed by atoms with Gasteiger partial charge in [-0.15, -0.1) is 0 Å². The van der Waals surface area contributed by atoms with Crippen LogP contribution in [-0.2, 0) is 9.47 Å². The van der Waals surface area contributed by atoms with Crippen molar-refractivity contribution in [3.63, 3.8) is 0 Å². The fraction of sp³-hybridized carbons (Fsp3) is 1.00. The minimum absolute atomic E-state index is 0.0340. The highest BCUT2D eigenvalue weighted by Gasteiger charge is 2.76. The van der Waals surface area contributed by atoms with Crippen LogP contribution in [0.5, 0.6) is 0 Å². The van der Waals surface area contributed by atoms with E-state index >= 15 is 0 Å². The smallest absolute Gasteiger partial charge is 0.225 e. The molecule has 0 saturated carbocycles. The lowest BCUT2D eigenvalue weighted by Gasteiger charge is -1.98. The van der Waals surface area contributed by atoms with Crippen LogP contribution in [0.2, 0.25) is 0 Å². The molecule has 0 aromatic carbocycles. The predicted molar refractivity (Wildman–Crippen MR) is 37.4 cm³/mol. The van der Waals surface area contributed by atoms with E-state index in [4.69, 9.17) is 9.47 Å². The molecule has 0 aromatic rings. The van der Waals surface area contributed by atoms with E-state index < -0.39 is 0 Å². The summed E-state index contributed by atoms with van der Waals surface area (Å²) in [6.07, 6.45) is 6.59. The summed E-state index contributed by atoms with van der Waals surface area (Å²) in [5.74, 6) is -0.0340. The van der Waals surface area contributed by atoms with E-state index in [1.807, 2.05) is 0 Å². The highest BCUT2D eigenvalue weighted by Crippen LogP contribution is 2.59. The number of epoxide rings is 2. The fourth-order valence-electron chi connectivity index (χ4n) is 1.34. The van der Waals surface area contributed by atoms with Crippen molar-refractivity contribution >= 4 is 0 Å². The number of unbranched alkanes of at least 4 members (excludes halogenated alkanes) is 3. The molecule has 2 heterocycles. The molecule has 0 amide bonds. The highest BCUT2D eigenvalue weighted by molar-refractivity contribution is 5.02. The van der Waals surface area contributed by atoms with E-state index in [0.717, 1.165) is 6.42 Å². The lowest BCUT2D eigenvalue weighted by Crippen LogP contribution is -1.97. The molecule has 2 aliphatic rings. The summed E-state index contributed by atoms with van der Waals surface area (Å²) >= 11 is 0. The highest BCUT2D eigenvalue weighted by atomic mass is 17.0. The Hall–Kier alpha value is -0.0800. The molecule has 2 fully saturated rings. The van der Waals surface area contributed by atoms with Crippen molar-refractivity contribution in [1.82, 2.24) is 0 Å². The van der Waals surface area contributed by atoms with Crippen LogP contribution in [0.15, 0.2) is 0 Å². The third-order valence-corrected chi connectivity index (χ3v) is 2.24. The molecule has 10 heavy (non-hydrogen) atoms. The lowest BCUT2D eigenvalue weighted by atomic mass is 10.1. The Bertz CT molecular complexity index is 127. The molecule has 0 aliphatic carbocycles. The average molecular weight is 142 g/mol.